The van der Waals surface area contributed by atoms with Gasteiger partial charge in [-0.2, -0.15) is 0 Å². The average molecular weight is 150 g/mol. The quantitative estimate of drug-likeness (QED) is 0.646. The van der Waals surface area contributed by atoms with Gasteiger partial charge in [-0.25, -0.2) is 9.97 Å². The maximum atomic E-state index is 4.14. The van der Waals surface area contributed by atoms with Crippen molar-refractivity contribution in [1.82, 2.24) is 9.97 Å². The van der Waals surface area contributed by atoms with E-state index in [0.717, 1.165) is 12.2 Å². The molecule has 0 aliphatic rings. The molecule has 1 heterocycles. The van der Waals surface area contributed by atoms with Gasteiger partial charge in [0.15, 0.2) is 0 Å². The highest BCUT2D eigenvalue weighted by Gasteiger charge is 2.01. The van der Waals surface area contributed by atoms with Gasteiger partial charge in [0.2, 0.25) is 0 Å². The molecule has 0 aliphatic carbocycles. The Bertz CT molecular complexity index is 216. The van der Waals surface area contributed by atoms with E-state index in [9.17, 15) is 0 Å². The molecule has 0 fully saturated rings. The van der Waals surface area contributed by atoms with E-state index in [4.69, 9.17) is 0 Å². The Kier molecular flexibility index (Phi) is 2.58. The van der Waals surface area contributed by atoms with Crippen LogP contribution in [0.5, 0.6) is 0 Å². The van der Waals surface area contributed by atoms with E-state index in [1.807, 2.05) is 19.3 Å². The van der Waals surface area contributed by atoms with Crippen LogP contribution in [0.25, 0.3) is 0 Å². The van der Waals surface area contributed by atoms with E-state index >= 15 is 0 Å². The summed E-state index contributed by atoms with van der Waals surface area (Å²) in [5.41, 5.74) is 1.23. The number of aryl methyl sites for hydroxylation is 1. The smallest absolute Gasteiger partial charge is 0.125 e. The van der Waals surface area contributed by atoms with Gasteiger partial charge in [0.05, 0.1) is 0 Å². The van der Waals surface area contributed by atoms with E-state index in [-0.39, 0.29) is 0 Å². The van der Waals surface area contributed by atoms with E-state index in [1.54, 1.807) is 0 Å². The first-order valence-electron chi connectivity index (χ1n) is 4.02. The van der Waals surface area contributed by atoms with Crippen LogP contribution in [0.3, 0.4) is 0 Å². The van der Waals surface area contributed by atoms with Gasteiger partial charge in [-0.05, 0) is 24.8 Å². The van der Waals surface area contributed by atoms with Gasteiger partial charge < -0.3 is 0 Å². The number of hydrogen-bond donors (Lipinski definition) is 0. The Morgan fingerprint density at radius 1 is 1.36 bits per heavy atom. The fraction of sp³-hybridized carbons (Fsp3) is 0.556. The molecule has 2 nitrogen and oxygen atoms in total. The summed E-state index contributed by atoms with van der Waals surface area (Å²) in [6, 6.07) is 0. The number of rotatable bonds is 2. The molecule has 11 heavy (non-hydrogen) atoms. The van der Waals surface area contributed by atoms with Gasteiger partial charge in [0.1, 0.15) is 5.82 Å². The molecule has 0 bridgehead atoms. The third-order valence-electron chi connectivity index (χ3n) is 1.98. The van der Waals surface area contributed by atoms with Gasteiger partial charge in [-0.1, -0.05) is 13.8 Å². The fourth-order valence-corrected chi connectivity index (χ4v) is 0.893. The van der Waals surface area contributed by atoms with Crippen LogP contribution >= 0.6 is 0 Å². The van der Waals surface area contributed by atoms with Crippen molar-refractivity contribution in [1.29, 1.82) is 0 Å². The minimum atomic E-state index is 0.579. The van der Waals surface area contributed by atoms with Gasteiger partial charge in [-0.3, -0.25) is 0 Å². The third kappa shape index (κ3) is 2.00. The molecule has 1 atom stereocenters. The third-order valence-corrected chi connectivity index (χ3v) is 1.98. The van der Waals surface area contributed by atoms with Gasteiger partial charge in [0.25, 0.3) is 0 Å². The van der Waals surface area contributed by atoms with Crippen molar-refractivity contribution in [3.05, 3.63) is 23.8 Å². The van der Waals surface area contributed by atoms with Crippen molar-refractivity contribution in [3.63, 3.8) is 0 Å². The fourth-order valence-electron chi connectivity index (χ4n) is 0.893. The second-order valence-corrected chi connectivity index (χ2v) is 2.87. The van der Waals surface area contributed by atoms with Crippen LogP contribution in [0, 0.1) is 6.92 Å². The first kappa shape index (κ1) is 8.18. The van der Waals surface area contributed by atoms with Crippen molar-refractivity contribution >= 4 is 0 Å². The topological polar surface area (TPSA) is 25.8 Å². The molecule has 0 N–H and O–H groups in total. The highest BCUT2D eigenvalue weighted by molar-refractivity contribution is 5.09. The molecule has 1 aromatic rings. The van der Waals surface area contributed by atoms with Crippen molar-refractivity contribution in [2.45, 2.75) is 33.1 Å². The summed E-state index contributed by atoms with van der Waals surface area (Å²) in [5, 5.41) is 0. The molecule has 1 aromatic heterocycles. The number of hydrogen-bond acceptors (Lipinski definition) is 2. The zero-order chi connectivity index (χ0) is 8.27. The molecule has 0 saturated carbocycles. The Hall–Kier alpha value is -0.920. The minimum absolute atomic E-state index is 0.579. The predicted molar refractivity (Wildman–Crippen MR) is 45.5 cm³/mol. The van der Waals surface area contributed by atoms with Gasteiger partial charge in [0, 0.05) is 12.4 Å². The van der Waals surface area contributed by atoms with E-state index < -0.39 is 0 Å². The van der Waals surface area contributed by atoms with Crippen LogP contribution in [0.4, 0.5) is 0 Å². The minimum Gasteiger partial charge on any atom is -0.241 e. The molecule has 60 valence electrons. The predicted octanol–water partition coefficient (Wildman–Crippen LogP) is 2.30. The first-order chi connectivity index (χ1) is 5.24. The van der Waals surface area contributed by atoms with E-state index in [2.05, 4.69) is 23.8 Å². The van der Waals surface area contributed by atoms with Gasteiger partial charge in [-0.15, -0.1) is 0 Å². The number of aromatic nitrogens is 2. The van der Waals surface area contributed by atoms with Crippen molar-refractivity contribution in [2.24, 2.45) is 0 Å². The van der Waals surface area contributed by atoms with Crippen LogP contribution in [0.15, 0.2) is 12.4 Å². The van der Waals surface area contributed by atoms with E-state index in [1.165, 1.54) is 5.56 Å². The van der Waals surface area contributed by atoms with Crippen molar-refractivity contribution in [2.75, 3.05) is 0 Å². The summed E-state index contributed by atoms with van der Waals surface area (Å²) in [5.74, 6) is 1.42. The van der Waals surface area contributed by atoms with Crippen LogP contribution in [0.1, 0.15) is 37.6 Å². The van der Waals surface area contributed by atoms with Gasteiger partial charge >= 0.3 is 0 Å². The highest BCUT2D eigenvalue weighted by Crippen LogP contribution is 2.15. The Morgan fingerprint density at radius 3 is 2.36 bits per heavy atom. The summed E-state index contributed by atoms with van der Waals surface area (Å²) in [6.45, 7) is 6.26. The summed E-state index contributed by atoms with van der Waals surface area (Å²) in [6.07, 6.45) is 4.97. The summed E-state index contributed by atoms with van der Waals surface area (Å²) in [4.78, 5) is 8.27. The highest BCUT2D eigenvalue weighted by atomic mass is 14.8. The molecule has 1 unspecified atom stereocenters. The molecular weight excluding hydrogens is 136 g/mol. The monoisotopic (exact) mass is 150 g/mol. The lowest BCUT2D eigenvalue weighted by Gasteiger charge is -2.06. The maximum absolute atomic E-state index is 4.14. The second-order valence-electron chi connectivity index (χ2n) is 2.87. The van der Waals surface area contributed by atoms with E-state index in [0.29, 0.717) is 5.92 Å². The number of nitrogens with zero attached hydrogens (tertiary/aromatic N) is 2. The Balaban J connectivity index is 2.81. The zero-order valence-corrected chi connectivity index (χ0v) is 7.33. The molecule has 0 aromatic carbocycles. The largest absolute Gasteiger partial charge is 0.241 e. The molecule has 2 heteroatoms. The molecule has 0 radical (unpaired) electrons. The summed E-state index contributed by atoms with van der Waals surface area (Å²) >= 11 is 0. The molecule has 0 spiro atoms. The lowest BCUT2D eigenvalue weighted by Crippen LogP contribution is -1.95. The van der Waals surface area contributed by atoms with Crippen LogP contribution in [-0.4, -0.2) is 9.97 Å². The van der Waals surface area contributed by atoms with Crippen LogP contribution in [0.2, 0.25) is 0 Å². The second kappa shape index (κ2) is 3.46. The SMILES string of the molecule is CCC(C)c1cnc(C)nc1. The standard InChI is InChI=1S/C9H14N2/c1-4-7(2)9-5-10-8(3)11-6-9/h5-7H,4H2,1-3H3. The average Bonchev–Trinajstić information content (AvgIpc) is 2.05. The lowest BCUT2D eigenvalue weighted by molar-refractivity contribution is 0.722. The Morgan fingerprint density at radius 2 is 1.91 bits per heavy atom. The van der Waals surface area contributed by atoms with Crippen molar-refractivity contribution in [3.8, 4) is 0 Å². The molecular formula is C9H14N2. The zero-order valence-electron chi connectivity index (χ0n) is 7.33. The lowest BCUT2D eigenvalue weighted by atomic mass is 10.0. The molecule has 0 amide bonds. The molecule has 0 saturated heterocycles. The van der Waals surface area contributed by atoms with Crippen LogP contribution in [-0.2, 0) is 0 Å². The van der Waals surface area contributed by atoms with Crippen LogP contribution < -0.4 is 0 Å². The summed E-state index contributed by atoms with van der Waals surface area (Å²) < 4.78 is 0. The van der Waals surface area contributed by atoms with Crippen molar-refractivity contribution < 1.29 is 0 Å². The molecule has 1 rings (SSSR count). The molecule has 0 aliphatic heterocycles. The normalized spacial score (nSPS) is 13.0. The first-order valence-corrected chi connectivity index (χ1v) is 4.02. The maximum Gasteiger partial charge on any atom is 0.125 e. The Labute approximate surface area is 67.7 Å². The summed E-state index contributed by atoms with van der Waals surface area (Å²) in [7, 11) is 0.